The summed E-state index contributed by atoms with van der Waals surface area (Å²) in [5.41, 5.74) is 8.87. The van der Waals surface area contributed by atoms with Crippen molar-refractivity contribution in [1.82, 2.24) is 9.97 Å². The van der Waals surface area contributed by atoms with E-state index in [-0.39, 0.29) is 11.5 Å². The molecule has 88 valence electrons. The van der Waals surface area contributed by atoms with Gasteiger partial charge in [0.25, 0.3) is 0 Å². The van der Waals surface area contributed by atoms with Crippen molar-refractivity contribution in [2.45, 2.75) is 20.8 Å². The topological polar surface area (TPSA) is 51.8 Å². The van der Waals surface area contributed by atoms with Crippen LogP contribution in [0.1, 0.15) is 16.8 Å². The van der Waals surface area contributed by atoms with Gasteiger partial charge >= 0.3 is 0 Å². The van der Waals surface area contributed by atoms with Gasteiger partial charge in [0.2, 0.25) is 0 Å². The van der Waals surface area contributed by atoms with Crippen LogP contribution >= 0.6 is 0 Å². The van der Waals surface area contributed by atoms with Crippen molar-refractivity contribution in [1.29, 1.82) is 0 Å². The smallest absolute Gasteiger partial charge is 0.186 e. The Labute approximate surface area is 99.5 Å². The second kappa shape index (κ2) is 4.13. The van der Waals surface area contributed by atoms with Gasteiger partial charge in [-0.15, -0.1) is 0 Å². The number of nitrogens with zero attached hydrogens (tertiary/aromatic N) is 2. The fourth-order valence-electron chi connectivity index (χ4n) is 1.81. The number of anilines is 1. The van der Waals surface area contributed by atoms with Crippen LogP contribution in [0.4, 0.5) is 10.2 Å². The summed E-state index contributed by atoms with van der Waals surface area (Å²) in [6.45, 7) is 5.58. The number of nitrogen functional groups attached to an aromatic ring is 1. The molecule has 2 N–H and O–H groups in total. The molecule has 1 aromatic carbocycles. The first kappa shape index (κ1) is 11.5. The van der Waals surface area contributed by atoms with Crippen LogP contribution in [0.2, 0.25) is 0 Å². The van der Waals surface area contributed by atoms with Crippen LogP contribution in [0.5, 0.6) is 0 Å². The van der Waals surface area contributed by atoms with Crippen LogP contribution in [0.15, 0.2) is 18.2 Å². The molecule has 0 fully saturated rings. The third-order valence-electron chi connectivity index (χ3n) is 2.52. The summed E-state index contributed by atoms with van der Waals surface area (Å²) < 4.78 is 13.3. The minimum Gasteiger partial charge on any atom is -0.381 e. The molecule has 3 nitrogen and oxygen atoms in total. The van der Waals surface area contributed by atoms with E-state index in [4.69, 9.17) is 5.73 Å². The molecular formula is C13H14FN3. The predicted octanol–water partition coefficient (Wildman–Crippen LogP) is 2.79. The molecule has 4 heteroatoms. The average molecular weight is 231 g/mol. The first-order valence-corrected chi connectivity index (χ1v) is 5.35. The third-order valence-corrected chi connectivity index (χ3v) is 2.52. The van der Waals surface area contributed by atoms with Crippen LogP contribution < -0.4 is 5.73 Å². The Morgan fingerprint density at radius 2 is 1.59 bits per heavy atom. The quantitative estimate of drug-likeness (QED) is 0.821. The Balaban J connectivity index is 2.60. The maximum absolute atomic E-state index is 13.3. The number of nitrogens with two attached hydrogens (primary N) is 1. The van der Waals surface area contributed by atoms with E-state index in [9.17, 15) is 4.39 Å². The first-order valence-electron chi connectivity index (χ1n) is 5.35. The molecule has 1 heterocycles. The molecule has 0 unspecified atom stereocenters. The summed E-state index contributed by atoms with van der Waals surface area (Å²) in [5, 5.41) is 0. The van der Waals surface area contributed by atoms with E-state index < -0.39 is 5.82 Å². The Morgan fingerprint density at radius 3 is 2.12 bits per heavy atom. The number of benzene rings is 1. The highest BCUT2D eigenvalue weighted by atomic mass is 19.1. The van der Waals surface area contributed by atoms with Crippen molar-refractivity contribution < 1.29 is 4.39 Å². The SMILES string of the molecule is Cc1cc(C)cc(-c2nc(C)c(F)c(N)n2)c1. The van der Waals surface area contributed by atoms with E-state index >= 15 is 0 Å². The maximum atomic E-state index is 13.3. The molecule has 0 saturated carbocycles. The van der Waals surface area contributed by atoms with Gasteiger partial charge in [0, 0.05) is 5.56 Å². The first-order chi connectivity index (χ1) is 7.97. The second-order valence-electron chi connectivity index (χ2n) is 4.21. The van der Waals surface area contributed by atoms with Gasteiger partial charge in [0.05, 0.1) is 5.69 Å². The Bertz CT molecular complexity index is 536. The van der Waals surface area contributed by atoms with Gasteiger partial charge in [-0.05, 0) is 32.9 Å². The molecule has 0 aliphatic rings. The van der Waals surface area contributed by atoms with Crippen molar-refractivity contribution in [2.24, 2.45) is 0 Å². The summed E-state index contributed by atoms with van der Waals surface area (Å²) >= 11 is 0. The molecule has 2 aromatic rings. The molecule has 0 aliphatic heterocycles. The third kappa shape index (κ3) is 2.25. The normalized spacial score (nSPS) is 10.6. The van der Waals surface area contributed by atoms with Crippen molar-refractivity contribution in [3.8, 4) is 11.4 Å². The lowest BCUT2D eigenvalue weighted by Gasteiger charge is -2.06. The molecule has 2 rings (SSSR count). The summed E-state index contributed by atoms with van der Waals surface area (Å²) in [6.07, 6.45) is 0. The van der Waals surface area contributed by atoms with Crippen molar-refractivity contribution in [2.75, 3.05) is 5.73 Å². The molecule has 0 amide bonds. The standard InChI is InChI=1S/C13H14FN3/c1-7-4-8(2)6-10(5-7)13-16-9(3)11(14)12(15)17-13/h4-6H,1-3H3,(H2,15,16,17). The van der Waals surface area contributed by atoms with E-state index in [1.165, 1.54) is 0 Å². The van der Waals surface area contributed by atoms with Crippen molar-refractivity contribution in [3.05, 3.63) is 40.8 Å². The number of aromatic nitrogens is 2. The molecular weight excluding hydrogens is 217 g/mol. The zero-order valence-corrected chi connectivity index (χ0v) is 10.1. The molecule has 0 spiro atoms. The lowest BCUT2D eigenvalue weighted by atomic mass is 10.1. The Morgan fingerprint density at radius 1 is 1.00 bits per heavy atom. The molecule has 0 aliphatic carbocycles. The fraction of sp³-hybridized carbons (Fsp3) is 0.231. The fourth-order valence-corrected chi connectivity index (χ4v) is 1.81. The zero-order chi connectivity index (χ0) is 12.6. The number of aryl methyl sites for hydroxylation is 3. The predicted molar refractivity (Wildman–Crippen MR) is 66.0 cm³/mol. The van der Waals surface area contributed by atoms with Crippen LogP contribution in [-0.4, -0.2) is 9.97 Å². The lowest BCUT2D eigenvalue weighted by molar-refractivity contribution is 0.608. The minimum absolute atomic E-state index is 0.105. The van der Waals surface area contributed by atoms with E-state index in [0.29, 0.717) is 5.82 Å². The number of hydrogen-bond donors (Lipinski definition) is 1. The second-order valence-corrected chi connectivity index (χ2v) is 4.21. The van der Waals surface area contributed by atoms with Crippen molar-refractivity contribution in [3.63, 3.8) is 0 Å². The van der Waals surface area contributed by atoms with Gasteiger partial charge in [-0.25, -0.2) is 14.4 Å². The maximum Gasteiger partial charge on any atom is 0.186 e. The molecule has 0 saturated heterocycles. The van der Waals surface area contributed by atoms with E-state index in [1.54, 1.807) is 6.92 Å². The summed E-state index contributed by atoms with van der Waals surface area (Å²) in [7, 11) is 0. The van der Waals surface area contributed by atoms with E-state index in [1.807, 2.05) is 26.0 Å². The highest BCUT2D eigenvalue weighted by molar-refractivity contribution is 5.59. The number of halogens is 1. The lowest BCUT2D eigenvalue weighted by Crippen LogP contribution is -2.03. The number of rotatable bonds is 1. The number of hydrogen-bond acceptors (Lipinski definition) is 3. The van der Waals surface area contributed by atoms with Gasteiger partial charge in [0.15, 0.2) is 17.5 Å². The molecule has 0 atom stereocenters. The zero-order valence-electron chi connectivity index (χ0n) is 10.1. The van der Waals surface area contributed by atoms with Gasteiger partial charge in [-0.1, -0.05) is 17.2 Å². The van der Waals surface area contributed by atoms with Gasteiger partial charge in [0.1, 0.15) is 0 Å². The van der Waals surface area contributed by atoms with Gasteiger partial charge < -0.3 is 5.73 Å². The van der Waals surface area contributed by atoms with Crippen LogP contribution in [-0.2, 0) is 0 Å². The largest absolute Gasteiger partial charge is 0.381 e. The highest BCUT2D eigenvalue weighted by Crippen LogP contribution is 2.21. The monoisotopic (exact) mass is 231 g/mol. The van der Waals surface area contributed by atoms with Gasteiger partial charge in [-0.2, -0.15) is 0 Å². The highest BCUT2D eigenvalue weighted by Gasteiger charge is 2.10. The Hall–Kier alpha value is -1.97. The van der Waals surface area contributed by atoms with E-state index in [0.717, 1.165) is 16.7 Å². The summed E-state index contributed by atoms with van der Waals surface area (Å²) in [5.74, 6) is -0.182. The van der Waals surface area contributed by atoms with Crippen molar-refractivity contribution >= 4 is 5.82 Å². The minimum atomic E-state index is -0.543. The molecule has 1 aromatic heterocycles. The van der Waals surface area contributed by atoms with Gasteiger partial charge in [-0.3, -0.25) is 0 Å². The average Bonchev–Trinajstić information content (AvgIpc) is 2.23. The molecule has 0 bridgehead atoms. The summed E-state index contributed by atoms with van der Waals surface area (Å²) in [6, 6.07) is 5.97. The molecule has 0 radical (unpaired) electrons. The van der Waals surface area contributed by atoms with E-state index in [2.05, 4.69) is 16.0 Å². The summed E-state index contributed by atoms with van der Waals surface area (Å²) in [4.78, 5) is 8.10. The van der Waals surface area contributed by atoms with Crippen LogP contribution in [0.25, 0.3) is 11.4 Å². The Kier molecular flexibility index (Phi) is 2.79. The molecule has 17 heavy (non-hydrogen) atoms. The van der Waals surface area contributed by atoms with Crippen LogP contribution in [0, 0.1) is 26.6 Å². The van der Waals surface area contributed by atoms with Crippen LogP contribution in [0.3, 0.4) is 0 Å².